The number of benzene rings is 1. The maximum absolute atomic E-state index is 13.0. The number of alkyl halides is 3. The molecule has 1 amide bonds. The number of aryl methyl sites for hydroxylation is 1. The van der Waals surface area contributed by atoms with Crippen LogP contribution in [0.2, 0.25) is 0 Å². The van der Waals surface area contributed by atoms with E-state index in [0.29, 0.717) is 37.0 Å². The van der Waals surface area contributed by atoms with E-state index >= 15 is 0 Å². The van der Waals surface area contributed by atoms with Crippen molar-refractivity contribution in [3.05, 3.63) is 65.0 Å². The van der Waals surface area contributed by atoms with Gasteiger partial charge in [0.1, 0.15) is 5.75 Å². The highest BCUT2D eigenvalue weighted by Crippen LogP contribution is 2.38. The van der Waals surface area contributed by atoms with E-state index in [-0.39, 0.29) is 17.7 Å². The van der Waals surface area contributed by atoms with E-state index in [0.717, 1.165) is 30.7 Å². The third kappa shape index (κ3) is 4.44. The number of allylic oxidation sites excluding steroid dienone is 1. The molecule has 2 aromatic rings. The van der Waals surface area contributed by atoms with Crippen LogP contribution in [0.5, 0.6) is 5.75 Å². The van der Waals surface area contributed by atoms with Gasteiger partial charge >= 0.3 is 6.18 Å². The molecule has 7 heteroatoms. The topological polar surface area (TPSA) is 51.2 Å². The van der Waals surface area contributed by atoms with Gasteiger partial charge in [0.25, 0.3) is 0 Å². The number of rotatable bonds is 2. The summed E-state index contributed by atoms with van der Waals surface area (Å²) in [5.74, 6) is -0.0655. The van der Waals surface area contributed by atoms with Crippen LogP contribution in [0.4, 0.5) is 13.2 Å². The quantitative estimate of drug-likeness (QED) is 0.761. The van der Waals surface area contributed by atoms with Gasteiger partial charge in [-0.25, -0.2) is 0 Å². The minimum atomic E-state index is -4.43. The van der Waals surface area contributed by atoms with Crippen LogP contribution in [0.15, 0.2) is 42.6 Å². The van der Waals surface area contributed by atoms with Gasteiger partial charge in [-0.1, -0.05) is 12.1 Å². The lowest BCUT2D eigenvalue weighted by Gasteiger charge is -2.24. The molecule has 2 heterocycles. The molecular weight excluding hydrogens is 381 g/mol. The molecule has 0 saturated heterocycles. The van der Waals surface area contributed by atoms with Crippen molar-refractivity contribution in [3.8, 4) is 5.75 Å². The number of hydrogen-bond donors (Lipinski definition) is 1. The van der Waals surface area contributed by atoms with Gasteiger partial charge in [0.15, 0.2) is 0 Å². The van der Waals surface area contributed by atoms with Crippen molar-refractivity contribution >= 4 is 11.5 Å². The maximum atomic E-state index is 13.0. The van der Waals surface area contributed by atoms with Crippen molar-refractivity contribution in [3.63, 3.8) is 0 Å². The van der Waals surface area contributed by atoms with Crippen LogP contribution < -0.4 is 10.1 Å². The van der Waals surface area contributed by atoms with Crippen LogP contribution in [0.1, 0.15) is 41.6 Å². The summed E-state index contributed by atoms with van der Waals surface area (Å²) in [5.41, 5.74) is 2.70. The summed E-state index contributed by atoms with van der Waals surface area (Å²) in [6.45, 7) is 0.318. The molecule has 1 aromatic carbocycles. The number of aromatic nitrogens is 1. The van der Waals surface area contributed by atoms with Gasteiger partial charge in [-0.15, -0.1) is 0 Å². The van der Waals surface area contributed by atoms with Gasteiger partial charge in [0.2, 0.25) is 5.91 Å². The number of fused-ring (bicyclic) bond motifs is 2. The molecule has 1 aliphatic carbocycles. The van der Waals surface area contributed by atoms with Gasteiger partial charge in [0, 0.05) is 36.0 Å². The molecule has 152 valence electrons. The van der Waals surface area contributed by atoms with Crippen molar-refractivity contribution in [2.45, 2.75) is 44.3 Å². The minimum absolute atomic E-state index is 0.00384. The molecule has 29 heavy (non-hydrogen) atoms. The number of nitrogens with one attached hydrogen (secondary N) is 1. The molecule has 1 aromatic heterocycles. The lowest BCUT2D eigenvalue weighted by Crippen LogP contribution is -2.38. The summed E-state index contributed by atoms with van der Waals surface area (Å²) in [7, 11) is 0. The average molecular weight is 402 g/mol. The lowest BCUT2D eigenvalue weighted by molar-refractivity contribution is -0.137. The third-order valence-corrected chi connectivity index (χ3v) is 5.34. The van der Waals surface area contributed by atoms with E-state index in [1.165, 1.54) is 17.7 Å². The summed E-state index contributed by atoms with van der Waals surface area (Å²) < 4.78 is 44.5. The highest BCUT2D eigenvalue weighted by Gasteiger charge is 2.32. The Bertz CT molecular complexity index is 953. The van der Waals surface area contributed by atoms with Gasteiger partial charge in [-0.3, -0.25) is 9.78 Å². The molecule has 0 saturated carbocycles. The number of nitrogens with zero attached hydrogens (tertiary/aromatic N) is 1. The monoisotopic (exact) mass is 402 g/mol. The smallest absolute Gasteiger partial charge is 0.416 e. The molecule has 0 radical (unpaired) electrons. The number of carbonyl (C=O) groups is 1. The molecule has 4 rings (SSSR count). The van der Waals surface area contributed by atoms with Crippen molar-refractivity contribution < 1.29 is 22.7 Å². The Balaban J connectivity index is 1.51. The normalized spacial score (nSPS) is 20.2. The third-order valence-electron chi connectivity index (χ3n) is 5.34. The van der Waals surface area contributed by atoms with Crippen LogP contribution >= 0.6 is 0 Å². The van der Waals surface area contributed by atoms with Crippen LogP contribution in [0, 0.1) is 0 Å². The molecule has 0 fully saturated rings. The molecule has 0 bridgehead atoms. The highest BCUT2D eigenvalue weighted by molar-refractivity contribution is 5.96. The summed E-state index contributed by atoms with van der Waals surface area (Å²) >= 11 is 0. The fraction of sp³-hybridized carbons (Fsp3) is 0.364. The summed E-state index contributed by atoms with van der Waals surface area (Å²) in [4.78, 5) is 17.0. The van der Waals surface area contributed by atoms with Gasteiger partial charge in [-0.05, 0) is 55.0 Å². The predicted molar refractivity (Wildman–Crippen MR) is 102 cm³/mol. The second kappa shape index (κ2) is 7.89. The van der Waals surface area contributed by atoms with Gasteiger partial charge in [-0.2, -0.15) is 13.2 Å². The Hall–Kier alpha value is -2.83. The zero-order chi connectivity index (χ0) is 20.4. The largest absolute Gasteiger partial charge is 0.493 e. The lowest BCUT2D eigenvalue weighted by atomic mass is 9.92. The Morgan fingerprint density at radius 3 is 2.93 bits per heavy atom. The van der Waals surface area contributed by atoms with E-state index in [4.69, 9.17) is 4.74 Å². The second-order valence-electron chi connectivity index (χ2n) is 7.39. The molecular formula is C22H21F3N2O2. The van der Waals surface area contributed by atoms with E-state index in [2.05, 4.69) is 16.4 Å². The molecule has 0 spiro atoms. The zero-order valence-electron chi connectivity index (χ0n) is 15.8. The number of halogens is 3. The summed E-state index contributed by atoms with van der Waals surface area (Å²) in [6, 6.07) is 7.40. The standard InChI is InChI=1S/C22H21F3N2O2/c23-22(24,25)16-6-8-18-15(4-2-10-29-20(18)12-16)11-21(28)27-17-7-5-14-3-1-9-26-19(14)13-17/h1,3,6,8-9,11-12,17H,2,4-5,7,10,13H2,(H,27,28)/b15-11+. The number of carbonyl (C=O) groups excluding carboxylic acids is 1. The van der Waals surface area contributed by atoms with Gasteiger partial charge < -0.3 is 10.1 Å². The van der Waals surface area contributed by atoms with Crippen LogP contribution in [-0.4, -0.2) is 23.5 Å². The van der Waals surface area contributed by atoms with E-state index in [9.17, 15) is 18.0 Å². The van der Waals surface area contributed by atoms with Crippen molar-refractivity contribution in [1.29, 1.82) is 0 Å². The first-order valence-corrected chi connectivity index (χ1v) is 9.68. The first-order valence-electron chi connectivity index (χ1n) is 9.68. The summed E-state index contributed by atoms with van der Waals surface area (Å²) in [5, 5.41) is 3.02. The zero-order valence-corrected chi connectivity index (χ0v) is 15.8. The van der Waals surface area contributed by atoms with E-state index in [1.54, 1.807) is 6.20 Å². The Kier molecular flexibility index (Phi) is 5.30. The van der Waals surface area contributed by atoms with E-state index in [1.807, 2.05) is 6.07 Å². The number of pyridine rings is 1. The van der Waals surface area contributed by atoms with Crippen molar-refractivity contribution in [1.82, 2.24) is 10.3 Å². The average Bonchev–Trinajstić information content (AvgIpc) is 2.89. The number of ether oxygens (including phenoxy) is 1. The van der Waals surface area contributed by atoms with Crippen molar-refractivity contribution in [2.75, 3.05) is 6.61 Å². The second-order valence-corrected chi connectivity index (χ2v) is 7.39. The predicted octanol–water partition coefficient (Wildman–Crippen LogP) is 4.33. The van der Waals surface area contributed by atoms with Crippen LogP contribution in [0.3, 0.4) is 0 Å². The summed E-state index contributed by atoms with van der Waals surface area (Å²) in [6.07, 6.45) is 2.40. The number of amides is 1. The van der Waals surface area contributed by atoms with Crippen LogP contribution in [-0.2, 0) is 23.8 Å². The molecule has 1 aliphatic heterocycles. The Labute approximate surface area is 166 Å². The van der Waals surface area contributed by atoms with Crippen molar-refractivity contribution in [2.24, 2.45) is 0 Å². The fourth-order valence-electron chi connectivity index (χ4n) is 3.88. The van der Waals surface area contributed by atoms with Gasteiger partial charge in [0.05, 0.1) is 12.2 Å². The number of hydrogen-bond acceptors (Lipinski definition) is 3. The Morgan fingerprint density at radius 2 is 2.10 bits per heavy atom. The first kappa shape index (κ1) is 19.5. The molecule has 2 aliphatic rings. The first-order chi connectivity index (χ1) is 13.9. The minimum Gasteiger partial charge on any atom is -0.493 e. The highest BCUT2D eigenvalue weighted by atomic mass is 19.4. The van der Waals surface area contributed by atoms with Crippen LogP contribution in [0.25, 0.3) is 5.57 Å². The molecule has 1 unspecified atom stereocenters. The Morgan fingerprint density at radius 1 is 1.24 bits per heavy atom. The maximum Gasteiger partial charge on any atom is 0.416 e. The SMILES string of the molecule is O=C(/C=C1\CCCOc2cc(C(F)(F)F)ccc21)NC1CCc2cccnc2C1. The molecule has 1 N–H and O–H groups in total. The molecule has 4 nitrogen and oxygen atoms in total. The van der Waals surface area contributed by atoms with E-state index < -0.39 is 11.7 Å². The fourth-order valence-corrected chi connectivity index (χ4v) is 3.88. The molecule has 1 atom stereocenters.